The molecule has 0 heterocycles. The zero-order chi connectivity index (χ0) is 13.5. The zero-order valence-corrected chi connectivity index (χ0v) is 12.2. The third kappa shape index (κ3) is 3.71. The molecule has 0 spiro atoms. The molecule has 1 aromatic carbocycles. The number of benzene rings is 1. The van der Waals surface area contributed by atoms with Gasteiger partial charge in [-0.25, -0.2) is 0 Å². The van der Waals surface area contributed by atoms with Crippen LogP contribution in [0.25, 0.3) is 0 Å². The molecule has 0 saturated carbocycles. The second-order valence-corrected chi connectivity index (χ2v) is 5.18. The number of ether oxygens (including phenoxy) is 1. The molecule has 0 bridgehead atoms. The Morgan fingerprint density at radius 2 is 2.16 bits per heavy atom. The van der Waals surface area contributed by atoms with E-state index in [1.807, 2.05) is 0 Å². The number of hydrogen-bond donors (Lipinski definition) is 2. The second-order valence-electron chi connectivity index (χ2n) is 5.18. The van der Waals surface area contributed by atoms with Crippen LogP contribution in [0.4, 0.5) is 0 Å². The summed E-state index contributed by atoms with van der Waals surface area (Å²) >= 11 is 0. The average Bonchev–Trinajstić information content (AvgIpc) is 2.46. The number of methoxy groups -OCH3 is 1. The first-order chi connectivity index (χ1) is 9.36. The van der Waals surface area contributed by atoms with Gasteiger partial charge in [0.1, 0.15) is 5.75 Å². The lowest BCUT2D eigenvalue weighted by molar-refractivity contribution is 0.383. The van der Waals surface area contributed by atoms with Crippen LogP contribution in [0.5, 0.6) is 5.75 Å². The van der Waals surface area contributed by atoms with E-state index >= 15 is 0 Å². The Labute approximate surface area is 116 Å². The molecule has 106 valence electrons. The van der Waals surface area contributed by atoms with E-state index in [2.05, 4.69) is 35.8 Å². The van der Waals surface area contributed by atoms with Crippen LogP contribution < -0.4 is 15.4 Å². The molecule has 2 N–H and O–H groups in total. The highest BCUT2D eigenvalue weighted by molar-refractivity contribution is 5.44. The normalized spacial score (nSPS) is 18.1. The van der Waals surface area contributed by atoms with Gasteiger partial charge >= 0.3 is 0 Å². The van der Waals surface area contributed by atoms with Crippen molar-refractivity contribution in [1.29, 1.82) is 0 Å². The maximum absolute atomic E-state index is 5.53. The van der Waals surface area contributed by atoms with Crippen molar-refractivity contribution in [3.8, 4) is 5.75 Å². The summed E-state index contributed by atoms with van der Waals surface area (Å²) in [6.45, 7) is 5.35. The summed E-state index contributed by atoms with van der Waals surface area (Å²) in [6, 6.07) is 6.86. The molecular weight excluding hydrogens is 236 g/mol. The van der Waals surface area contributed by atoms with E-state index < -0.39 is 0 Å². The molecule has 0 amide bonds. The standard InChI is InChI=1S/C16H26N2O/c1-3-10-17-11-12-18-14-8-4-6-13-7-5-9-15(19-2)16(13)14/h5,7,9,14,17-18H,3-4,6,8,10-12H2,1-2H3. The SMILES string of the molecule is CCCNCCNC1CCCc2cccc(OC)c21. The van der Waals surface area contributed by atoms with E-state index in [0.717, 1.165) is 25.4 Å². The Kier molecular flexibility index (Phi) is 5.67. The van der Waals surface area contributed by atoms with E-state index in [4.69, 9.17) is 4.74 Å². The molecule has 0 aromatic heterocycles. The van der Waals surface area contributed by atoms with Crippen molar-refractivity contribution in [1.82, 2.24) is 10.6 Å². The van der Waals surface area contributed by atoms with Crippen LogP contribution >= 0.6 is 0 Å². The summed E-state index contributed by atoms with van der Waals surface area (Å²) in [5.74, 6) is 1.04. The Balaban J connectivity index is 1.97. The third-order valence-electron chi connectivity index (χ3n) is 3.78. The van der Waals surface area contributed by atoms with Gasteiger partial charge in [-0.15, -0.1) is 0 Å². The van der Waals surface area contributed by atoms with Crippen LogP contribution in [-0.2, 0) is 6.42 Å². The Hall–Kier alpha value is -1.06. The molecule has 1 atom stereocenters. The number of fused-ring (bicyclic) bond motifs is 1. The van der Waals surface area contributed by atoms with Gasteiger partial charge in [-0.1, -0.05) is 19.1 Å². The van der Waals surface area contributed by atoms with Crippen molar-refractivity contribution in [2.24, 2.45) is 0 Å². The fourth-order valence-corrected chi connectivity index (χ4v) is 2.86. The van der Waals surface area contributed by atoms with Crippen LogP contribution in [0.15, 0.2) is 18.2 Å². The highest BCUT2D eigenvalue weighted by atomic mass is 16.5. The zero-order valence-electron chi connectivity index (χ0n) is 12.2. The van der Waals surface area contributed by atoms with Gasteiger partial charge in [-0.2, -0.15) is 0 Å². The summed E-state index contributed by atoms with van der Waals surface area (Å²) in [5, 5.41) is 7.10. The lowest BCUT2D eigenvalue weighted by Crippen LogP contribution is -2.32. The van der Waals surface area contributed by atoms with Gasteiger partial charge in [0.25, 0.3) is 0 Å². The van der Waals surface area contributed by atoms with Crippen molar-refractivity contribution in [2.75, 3.05) is 26.7 Å². The van der Waals surface area contributed by atoms with Crippen molar-refractivity contribution in [2.45, 2.75) is 38.6 Å². The number of nitrogens with one attached hydrogen (secondary N) is 2. The predicted octanol–water partition coefficient (Wildman–Crippen LogP) is 2.66. The highest BCUT2D eigenvalue weighted by Gasteiger charge is 2.22. The molecule has 19 heavy (non-hydrogen) atoms. The maximum Gasteiger partial charge on any atom is 0.123 e. The van der Waals surface area contributed by atoms with Gasteiger partial charge in [0, 0.05) is 24.7 Å². The number of rotatable bonds is 7. The molecule has 3 nitrogen and oxygen atoms in total. The molecule has 1 aromatic rings. The van der Waals surface area contributed by atoms with E-state index in [-0.39, 0.29) is 0 Å². The van der Waals surface area contributed by atoms with Crippen molar-refractivity contribution >= 4 is 0 Å². The van der Waals surface area contributed by atoms with Gasteiger partial charge in [0.2, 0.25) is 0 Å². The number of hydrogen-bond acceptors (Lipinski definition) is 3. The summed E-state index contributed by atoms with van der Waals surface area (Å²) in [7, 11) is 1.77. The minimum atomic E-state index is 0.448. The fraction of sp³-hybridized carbons (Fsp3) is 0.625. The van der Waals surface area contributed by atoms with Crippen LogP contribution in [0.3, 0.4) is 0 Å². The van der Waals surface area contributed by atoms with Crippen molar-refractivity contribution < 1.29 is 4.74 Å². The Bertz CT molecular complexity index is 378. The molecule has 0 saturated heterocycles. The van der Waals surface area contributed by atoms with Gasteiger partial charge in [0.15, 0.2) is 0 Å². The third-order valence-corrected chi connectivity index (χ3v) is 3.78. The maximum atomic E-state index is 5.53. The summed E-state index contributed by atoms with van der Waals surface area (Å²) in [5.41, 5.74) is 2.83. The second kappa shape index (κ2) is 7.51. The van der Waals surface area contributed by atoms with Gasteiger partial charge < -0.3 is 15.4 Å². The van der Waals surface area contributed by atoms with Crippen LogP contribution in [0.2, 0.25) is 0 Å². The van der Waals surface area contributed by atoms with Gasteiger partial charge in [-0.05, 0) is 43.9 Å². The minimum absolute atomic E-state index is 0.448. The van der Waals surface area contributed by atoms with E-state index in [9.17, 15) is 0 Å². The molecule has 1 aliphatic carbocycles. The van der Waals surface area contributed by atoms with Crippen LogP contribution in [0, 0.1) is 0 Å². The smallest absolute Gasteiger partial charge is 0.123 e. The van der Waals surface area contributed by atoms with Gasteiger partial charge in [-0.3, -0.25) is 0 Å². The molecule has 0 aliphatic heterocycles. The molecule has 2 rings (SSSR count). The van der Waals surface area contributed by atoms with E-state index in [1.54, 1.807) is 7.11 Å². The summed E-state index contributed by atoms with van der Waals surface area (Å²) in [4.78, 5) is 0. The quantitative estimate of drug-likeness (QED) is 0.741. The lowest BCUT2D eigenvalue weighted by atomic mass is 9.87. The molecule has 3 heteroatoms. The van der Waals surface area contributed by atoms with Crippen LogP contribution in [0.1, 0.15) is 43.4 Å². The van der Waals surface area contributed by atoms with Crippen molar-refractivity contribution in [3.63, 3.8) is 0 Å². The topological polar surface area (TPSA) is 33.3 Å². The van der Waals surface area contributed by atoms with E-state index in [0.29, 0.717) is 6.04 Å². The average molecular weight is 262 g/mol. The van der Waals surface area contributed by atoms with Gasteiger partial charge in [0.05, 0.1) is 7.11 Å². The summed E-state index contributed by atoms with van der Waals surface area (Å²) in [6.07, 6.45) is 4.85. The Morgan fingerprint density at radius 3 is 2.95 bits per heavy atom. The molecule has 0 fully saturated rings. The van der Waals surface area contributed by atoms with E-state index in [1.165, 1.54) is 36.8 Å². The first kappa shape index (κ1) is 14.4. The predicted molar refractivity (Wildman–Crippen MR) is 79.8 cm³/mol. The first-order valence-electron chi connectivity index (χ1n) is 7.46. The molecule has 0 radical (unpaired) electrons. The van der Waals surface area contributed by atoms with Crippen molar-refractivity contribution in [3.05, 3.63) is 29.3 Å². The molecular formula is C16H26N2O. The monoisotopic (exact) mass is 262 g/mol. The summed E-state index contributed by atoms with van der Waals surface area (Å²) < 4.78 is 5.53. The fourth-order valence-electron chi connectivity index (χ4n) is 2.86. The van der Waals surface area contributed by atoms with Crippen LogP contribution in [-0.4, -0.2) is 26.7 Å². The lowest BCUT2D eigenvalue weighted by Gasteiger charge is -2.28. The minimum Gasteiger partial charge on any atom is -0.496 e. The molecule has 1 unspecified atom stereocenters. The first-order valence-corrected chi connectivity index (χ1v) is 7.46. The largest absolute Gasteiger partial charge is 0.496 e. The molecule has 1 aliphatic rings. The Morgan fingerprint density at radius 1 is 1.26 bits per heavy atom. The number of aryl methyl sites for hydroxylation is 1. The highest BCUT2D eigenvalue weighted by Crippen LogP contribution is 2.36.